The molecular formula is C4H10CrO3P+. The summed E-state index contributed by atoms with van der Waals surface area (Å²) in [5.74, 6) is 0. The Morgan fingerprint density at radius 3 is 2.56 bits per heavy atom. The van der Waals surface area contributed by atoms with E-state index in [0.29, 0.717) is 6.61 Å². The van der Waals surface area contributed by atoms with Gasteiger partial charge in [0.25, 0.3) is 0 Å². The van der Waals surface area contributed by atoms with Crippen molar-refractivity contribution in [1.29, 1.82) is 0 Å². The quantitative estimate of drug-likeness (QED) is 0.537. The van der Waals surface area contributed by atoms with Crippen molar-refractivity contribution in [2.75, 3.05) is 6.61 Å². The van der Waals surface area contributed by atoms with Crippen molar-refractivity contribution in [3.05, 3.63) is 0 Å². The molecule has 0 aliphatic heterocycles. The second-order valence-corrected chi connectivity index (χ2v) is 2.16. The number of hydrogen-bond acceptors (Lipinski definition) is 2. The van der Waals surface area contributed by atoms with E-state index in [4.69, 9.17) is 4.89 Å². The van der Waals surface area contributed by atoms with Crippen molar-refractivity contribution < 1.29 is 31.3 Å². The van der Waals surface area contributed by atoms with Crippen molar-refractivity contribution in [3.63, 3.8) is 0 Å². The largest absolute Gasteiger partial charge is 0.694 e. The molecule has 1 atom stereocenters. The minimum Gasteiger partial charge on any atom is -0.133 e. The van der Waals surface area contributed by atoms with Gasteiger partial charge in [0.15, 0.2) is 0 Å². The van der Waals surface area contributed by atoms with Gasteiger partial charge in [-0.1, -0.05) is 13.3 Å². The number of rotatable bonds is 4. The Kier molecular flexibility index (Phi) is 11.6. The molecule has 0 saturated heterocycles. The third-order valence-corrected chi connectivity index (χ3v) is 1.10. The molecule has 9 heavy (non-hydrogen) atoms. The van der Waals surface area contributed by atoms with E-state index >= 15 is 0 Å². The number of hydrogen-bond donors (Lipinski definition) is 1. The van der Waals surface area contributed by atoms with E-state index in [9.17, 15) is 4.57 Å². The zero-order valence-corrected chi connectivity index (χ0v) is 7.41. The van der Waals surface area contributed by atoms with Gasteiger partial charge in [-0.2, -0.15) is 0 Å². The maximum Gasteiger partial charge on any atom is 0.694 e. The molecule has 0 aliphatic carbocycles. The summed E-state index contributed by atoms with van der Waals surface area (Å²) in [5, 5.41) is 0. The predicted molar refractivity (Wildman–Crippen MR) is 30.7 cm³/mol. The standard InChI is InChI=1S/C4H9O3P.Cr/c1-2-3-4-7-8(5)6;/h2-4H2,1H3;/p+1. The van der Waals surface area contributed by atoms with Crippen LogP contribution in [0.5, 0.6) is 0 Å². The summed E-state index contributed by atoms with van der Waals surface area (Å²) in [4.78, 5) is 8.07. The average molecular weight is 189 g/mol. The monoisotopic (exact) mass is 189 g/mol. The van der Waals surface area contributed by atoms with E-state index in [0.717, 1.165) is 12.8 Å². The fraction of sp³-hybridized carbons (Fsp3) is 1.00. The molecule has 0 fully saturated rings. The Morgan fingerprint density at radius 1 is 1.67 bits per heavy atom. The minimum absolute atomic E-state index is 0. The third-order valence-electron chi connectivity index (χ3n) is 0.700. The molecule has 1 unspecified atom stereocenters. The molecule has 0 aromatic rings. The summed E-state index contributed by atoms with van der Waals surface area (Å²) in [7, 11) is -2.36. The minimum atomic E-state index is -2.36. The Morgan fingerprint density at radius 2 is 2.22 bits per heavy atom. The van der Waals surface area contributed by atoms with Crippen molar-refractivity contribution in [1.82, 2.24) is 0 Å². The first-order valence-corrected chi connectivity index (χ1v) is 3.69. The zero-order valence-electron chi connectivity index (χ0n) is 5.24. The van der Waals surface area contributed by atoms with Crippen LogP contribution >= 0.6 is 8.25 Å². The van der Waals surface area contributed by atoms with Crippen LogP contribution in [0.15, 0.2) is 0 Å². The SMILES string of the molecule is CCCCO[P+](=O)O.[Cr]. The average Bonchev–Trinajstić information content (AvgIpc) is 1.66. The Bertz CT molecular complexity index is 78.2. The summed E-state index contributed by atoms with van der Waals surface area (Å²) in [6.45, 7) is 2.38. The van der Waals surface area contributed by atoms with E-state index in [2.05, 4.69) is 4.52 Å². The molecule has 0 aromatic carbocycles. The van der Waals surface area contributed by atoms with Crippen LogP contribution in [0.1, 0.15) is 19.8 Å². The second-order valence-electron chi connectivity index (χ2n) is 1.42. The molecule has 0 heterocycles. The number of unbranched alkanes of at least 4 members (excludes halogenated alkanes) is 1. The van der Waals surface area contributed by atoms with E-state index in [1.807, 2.05) is 6.92 Å². The van der Waals surface area contributed by atoms with Gasteiger partial charge in [0.1, 0.15) is 6.61 Å². The molecule has 0 bridgehead atoms. The molecule has 0 aromatic heterocycles. The van der Waals surface area contributed by atoms with E-state index in [-0.39, 0.29) is 17.4 Å². The molecule has 0 spiro atoms. The van der Waals surface area contributed by atoms with Crippen molar-refractivity contribution in [2.45, 2.75) is 19.8 Å². The molecule has 0 aliphatic rings. The first-order valence-electron chi connectivity index (χ1n) is 2.56. The normalized spacial score (nSPS) is 10.2. The van der Waals surface area contributed by atoms with Crippen LogP contribution < -0.4 is 0 Å². The van der Waals surface area contributed by atoms with Crippen LogP contribution in [0, 0.1) is 0 Å². The summed E-state index contributed by atoms with van der Waals surface area (Å²) < 4.78 is 14.1. The van der Waals surface area contributed by atoms with E-state index in [1.54, 1.807) is 0 Å². The molecular weight excluding hydrogens is 179 g/mol. The van der Waals surface area contributed by atoms with Gasteiger partial charge < -0.3 is 0 Å². The predicted octanol–water partition coefficient (Wildman–Crippen LogP) is 1.45. The van der Waals surface area contributed by atoms with Gasteiger partial charge in [0.2, 0.25) is 0 Å². The Labute approximate surface area is 66.5 Å². The molecule has 0 radical (unpaired) electrons. The maximum absolute atomic E-state index is 9.80. The van der Waals surface area contributed by atoms with Crippen LogP contribution in [-0.4, -0.2) is 11.5 Å². The van der Waals surface area contributed by atoms with Crippen LogP contribution in [0.2, 0.25) is 0 Å². The molecule has 0 saturated carbocycles. The van der Waals surface area contributed by atoms with Gasteiger partial charge in [-0.15, -0.1) is 9.42 Å². The zero-order chi connectivity index (χ0) is 6.41. The van der Waals surface area contributed by atoms with Crippen LogP contribution in [0.3, 0.4) is 0 Å². The molecule has 1 N–H and O–H groups in total. The van der Waals surface area contributed by atoms with Gasteiger partial charge in [-0.05, 0) is 6.42 Å². The van der Waals surface area contributed by atoms with E-state index in [1.165, 1.54) is 0 Å². The van der Waals surface area contributed by atoms with Crippen molar-refractivity contribution in [3.8, 4) is 0 Å². The summed E-state index contributed by atoms with van der Waals surface area (Å²) in [5.41, 5.74) is 0. The molecule has 3 nitrogen and oxygen atoms in total. The van der Waals surface area contributed by atoms with Gasteiger partial charge in [-0.3, -0.25) is 0 Å². The fourth-order valence-electron chi connectivity index (χ4n) is 0.287. The third kappa shape index (κ3) is 11.9. The summed E-state index contributed by atoms with van der Waals surface area (Å²) >= 11 is 0. The second kappa shape index (κ2) is 8.55. The summed E-state index contributed by atoms with van der Waals surface area (Å²) in [6, 6.07) is 0. The molecule has 5 heteroatoms. The van der Waals surface area contributed by atoms with Crippen LogP contribution in [0.4, 0.5) is 0 Å². The van der Waals surface area contributed by atoms with Crippen molar-refractivity contribution in [2.24, 2.45) is 0 Å². The topological polar surface area (TPSA) is 46.5 Å². The fourth-order valence-corrected chi connectivity index (χ4v) is 0.572. The first kappa shape index (κ1) is 12.2. The smallest absolute Gasteiger partial charge is 0.133 e. The van der Waals surface area contributed by atoms with Crippen LogP contribution in [-0.2, 0) is 26.4 Å². The van der Waals surface area contributed by atoms with Gasteiger partial charge in [0, 0.05) is 21.9 Å². The molecule has 0 rings (SSSR count). The maximum atomic E-state index is 9.80. The van der Waals surface area contributed by atoms with Crippen molar-refractivity contribution >= 4 is 8.25 Å². The van der Waals surface area contributed by atoms with Gasteiger partial charge in [-0.25, -0.2) is 0 Å². The van der Waals surface area contributed by atoms with E-state index < -0.39 is 8.25 Å². The first-order chi connectivity index (χ1) is 3.77. The molecule has 54 valence electrons. The summed E-state index contributed by atoms with van der Waals surface area (Å²) in [6.07, 6.45) is 1.84. The molecule has 0 amide bonds. The van der Waals surface area contributed by atoms with Gasteiger partial charge >= 0.3 is 8.25 Å². The van der Waals surface area contributed by atoms with Gasteiger partial charge in [0.05, 0.1) is 0 Å². The Hall–Kier alpha value is 0.552. The van der Waals surface area contributed by atoms with Crippen LogP contribution in [0.25, 0.3) is 0 Å². The Balaban J connectivity index is 0.